The summed E-state index contributed by atoms with van der Waals surface area (Å²) in [6.45, 7) is 4.89. The number of likely N-dealkylation sites (tertiary alicyclic amines) is 1. The van der Waals surface area contributed by atoms with Gasteiger partial charge in [0.2, 0.25) is 0 Å². The van der Waals surface area contributed by atoms with E-state index < -0.39 is 0 Å². The molecular formula is C18H22N4O3. The number of aromatic nitrogens is 1. The van der Waals surface area contributed by atoms with Crippen molar-refractivity contribution in [2.45, 2.75) is 26.7 Å². The van der Waals surface area contributed by atoms with Gasteiger partial charge in [0, 0.05) is 25.5 Å². The third-order valence-electron chi connectivity index (χ3n) is 4.12. The number of carbonyl (C=O) groups is 2. The Hall–Kier alpha value is -2.88. The largest absolute Gasteiger partial charge is 0.466 e. The van der Waals surface area contributed by atoms with Crippen LogP contribution in [0.5, 0.6) is 0 Å². The summed E-state index contributed by atoms with van der Waals surface area (Å²) in [5.41, 5.74) is 0.929. The summed E-state index contributed by atoms with van der Waals surface area (Å²) in [4.78, 5) is 30.0. The molecule has 7 heteroatoms. The number of piperidine rings is 1. The van der Waals surface area contributed by atoms with Gasteiger partial charge in [0.05, 0.1) is 12.5 Å². The molecule has 1 amide bonds. The lowest BCUT2D eigenvalue weighted by atomic mass is 9.96. The number of rotatable bonds is 5. The molecule has 1 N–H and O–H groups in total. The van der Waals surface area contributed by atoms with Crippen LogP contribution in [0, 0.1) is 24.2 Å². The van der Waals surface area contributed by atoms with E-state index in [1.165, 1.54) is 6.20 Å². The molecule has 0 saturated carbocycles. The first-order valence-electron chi connectivity index (χ1n) is 8.31. The minimum absolute atomic E-state index is 0.0136. The zero-order chi connectivity index (χ0) is 18.2. The van der Waals surface area contributed by atoms with Crippen molar-refractivity contribution in [2.24, 2.45) is 5.92 Å². The molecule has 0 radical (unpaired) electrons. The Labute approximate surface area is 147 Å². The topological polar surface area (TPSA) is 95.3 Å². The second-order valence-corrected chi connectivity index (χ2v) is 5.80. The number of ether oxygens (including phenoxy) is 1. The van der Waals surface area contributed by atoms with Crippen molar-refractivity contribution in [1.82, 2.24) is 9.88 Å². The predicted octanol–water partition coefficient (Wildman–Crippen LogP) is 2.01. The monoisotopic (exact) mass is 342 g/mol. The summed E-state index contributed by atoms with van der Waals surface area (Å²) in [6.07, 6.45) is 4.12. The van der Waals surface area contributed by atoms with E-state index in [1.54, 1.807) is 18.0 Å². The molecule has 1 aromatic rings. The smallest absolute Gasteiger partial charge is 0.309 e. The Kier molecular flexibility index (Phi) is 6.52. The number of nitrogens with zero attached hydrogens (tertiary/aromatic N) is 3. The number of hydrogen-bond acceptors (Lipinski definition) is 6. The molecule has 7 nitrogen and oxygen atoms in total. The summed E-state index contributed by atoms with van der Waals surface area (Å²) in [7, 11) is 0. The molecule has 0 spiro atoms. The van der Waals surface area contributed by atoms with Crippen LogP contribution in [0.25, 0.3) is 0 Å². The average Bonchev–Trinajstić information content (AvgIpc) is 2.63. The second-order valence-electron chi connectivity index (χ2n) is 5.80. The van der Waals surface area contributed by atoms with Gasteiger partial charge >= 0.3 is 5.97 Å². The van der Waals surface area contributed by atoms with Crippen molar-refractivity contribution in [3.05, 3.63) is 35.7 Å². The van der Waals surface area contributed by atoms with Crippen LogP contribution >= 0.6 is 0 Å². The molecule has 0 bridgehead atoms. The van der Waals surface area contributed by atoms with E-state index in [2.05, 4.69) is 10.3 Å². The van der Waals surface area contributed by atoms with Crippen LogP contribution < -0.4 is 5.32 Å². The zero-order valence-corrected chi connectivity index (χ0v) is 14.5. The lowest BCUT2D eigenvalue weighted by molar-refractivity contribution is -0.150. The molecular weight excluding hydrogens is 320 g/mol. The summed E-state index contributed by atoms with van der Waals surface area (Å²) in [5, 5.41) is 12.2. The molecule has 0 unspecified atom stereocenters. The van der Waals surface area contributed by atoms with Crippen molar-refractivity contribution < 1.29 is 14.3 Å². The van der Waals surface area contributed by atoms with E-state index in [0.717, 1.165) is 5.56 Å². The Balaban J connectivity index is 1.97. The lowest BCUT2D eigenvalue weighted by Crippen LogP contribution is -2.41. The van der Waals surface area contributed by atoms with Gasteiger partial charge in [0.15, 0.2) is 0 Å². The van der Waals surface area contributed by atoms with Crippen LogP contribution in [0.1, 0.15) is 25.3 Å². The fourth-order valence-corrected chi connectivity index (χ4v) is 2.67. The van der Waals surface area contributed by atoms with Crippen molar-refractivity contribution in [3.63, 3.8) is 0 Å². The van der Waals surface area contributed by atoms with Crippen molar-refractivity contribution in [3.8, 4) is 6.07 Å². The molecule has 132 valence electrons. The average molecular weight is 342 g/mol. The zero-order valence-electron chi connectivity index (χ0n) is 14.5. The molecule has 0 aromatic carbocycles. The lowest BCUT2D eigenvalue weighted by Gasteiger charge is -2.30. The molecule has 2 heterocycles. The first-order valence-corrected chi connectivity index (χ1v) is 8.31. The summed E-state index contributed by atoms with van der Waals surface area (Å²) < 4.78 is 5.02. The van der Waals surface area contributed by atoms with Gasteiger partial charge in [-0.2, -0.15) is 5.26 Å². The maximum absolute atomic E-state index is 12.5. The third-order valence-corrected chi connectivity index (χ3v) is 4.12. The van der Waals surface area contributed by atoms with Crippen LogP contribution in [-0.4, -0.2) is 41.5 Å². The van der Waals surface area contributed by atoms with Crippen LogP contribution in [0.15, 0.2) is 30.1 Å². The van der Waals surface area contributed by atoms with Gasteiger partial charge in [-0.15, -0.1) is 0 Å². The van der Waals surface area contributed by atoms with Gasteiger partial charge in [-0.25, -0.2) is 4.98 Å². The van der Waals surface area contributed by atoms with E-state index in [1.807, 2.05) is 25.1 Å². The number of pyridine rings is 1. The highest BCUT2D eigenvalue weighted by Crippen LogP contribution is 2.20. The molecule has 1 saturated heterocycles. The van der Waals surface area contributed by atoms with Gasteiger partial charge in [-0.1, -0.05) is 6.07 Å². The summed E-state index contributed by atoms with van der Waals surface area (Å²) in [5.74, 6) is -0.124. The number of hydrogen-bond donors (Lipinski definition) is 1. The number of esters is 1. The Morgan fingerprint density at radius 2 is 2.20 bits per heavy atom. The third kappa shape index (κ3) is 4.80. The number of nitriles is 1. The van der Waals surface area contributed by atoms with E-state index in [0.29, 0.717) is 38.4 Å². The second kappa shape index (κ2) is 8.83. The van der Waals surface area contributed by atoms with E-state index in [9.17, 15) is 14.9 Å². The normalized spacial score (nSPS) is 15.4. The van der Waals surface area contributed by atoms with Gasteiger partial charge in [-0.3, -0.25) is 9.59 Å². The Bertz CT molecular complexity index is 701. The number of aryl methyl sites for hydroxylation is 1. The number of anilines is 1. The summed E-state index contributed by atoms with van der Waals surface area (Å²) >= 11 is 0. The number of carbonyl (C=O) groups excluding carboxylic acids is 2. The quantitative estimate of drug-likeness (QED) is 0.500. The SMILES string of the molecule is CCOC(=O)C1CCN(C(=O)/C(C#N)=C\Nc2ncccc2C)CC1. The van der Waals surface area contributed by atoms with Crippen molar-refractivity contribution in [2.75, 3.05) is 25.0 Å². The maximum Gasteiger partial charge on any atom is 0.309 e. The summed E-state index contributed by atoms with van der Waals surface area (Å²) in [6, 6.07) is 5.63. The first kappa shape index (κ1) is 18.5. The number of nitrogens with one attached hydrogen (secondary N) is 1. The van der Waals surface area contributed by atoms with E-state index in [-0.39, 0.29) is 23.4 Å². The molecule has 1 aromatic heterocycles. The minimum Gasteiger partial charge on any atom is -0.466 e. The molecule has 0 atom stereocenters. The molecule has 25 heavy (non-hydrogen) atoms. The molecule has 1 fully saturated rings. The Morgan fingerprint density at radius 3 is 2.80 bits per heavy atom. The highest BCUT2D eigenvalue weighted by atomic mass is 16.5. The highest BCUT2D eigenvalue weighted by Gasteiger charge is 2.29. The molecule has 1 aliphatic rings. The Morgan fingerprint density at radius 1 is 1.48 bits per heavy atom. The van der Waals surface area contributed by atoms with Gasteiger partial charge in [0.25, 0.3) is 5.91 Å². The van der Waals surface area contributed by atoms with E-state index in [4.69, 9.17) is 4.74 Å². The standard InChI is InChI=1S/C18H22N4O3/c1-3-25-18(24)14-6-9-22(10-7-14)17(23)15(11-19)12-21-16-13(2)5-4-8-20-16/h4-5,8,12,14H,3,6-7,9-10H2,1-2H3,(H,20,21)/b15-12-. The van der Waals surface area contributed by atoms with Crippen LogP contribution in [0.4, 0.5) is 5.82 Å². The molecule has 0 aliphatic carbocycles. The first-order chi connectivity index (χ1) is 12.1. The predicted molar refractivity (Wildman–Crippen MR) is 92.2 cm³/mol. The van der Waals surface area contributed by atoms with Crippen LogP contribution in [-0.2, 0) is 14.3 Å². The van der Waals surface area contributed by atoms with Crippen molar-refractivity contribution in [1.29, 1.82) is 5.26 Å². The van der Waals surface area contributed by atoms with E-state index >= 15 is 0 Å². The maximum atomic E-state index is 12.5. The van der Waals surface area contributed by atoms with Gasteiger partial charge in [-0.05, 0) is 38.3 Å². The fourth-order valence-electron chi connectivity index (χ4n) is 2.67. The fraction of sp³-hybridized carbons (Fsp3) is 0.444. The van der Waals surface area contributed by atoms with Crippen LogP contribution in [0.2, 0.25) is 0 Å². The van der Waals surface area contributed by atoms with Gasteiger partial charge in [0.1, 0.15) is 17.5 Å². The van der Waals surface area contributed by atoms with Crippen molar-refractivity contribution >= 4 is 17.7 Å². The molecule has 2 rings (SSSR count). The molecule has 1 aliphatic heterocycles. The van der Waals surface area contributed by atoms with Crippen LogP contribution in [0.3, 0.4) is 0 Å². The van der Waals surface area contributed by atoms with Gasteiger partial charge < -0.3 is 15.0 Å². The highest BCUT2D eigenvalue weighted by molar-refractivity contribution is 5.97. The minimum atomic E-state index is -0.342. The number of amides is 1.